The Labute approximate surface area is 252 Å². The van der Waals surface area contributed by atoms with E-state index in [1.165, 1.54) is 70.6 Å². The van der Waals surface area contributed by atoms with Crippen LogP contribution in [0.5, 0.6) is 0 Å². The normalized spacial score (nSPS) is 12.8. The molecule has 0 aliphatic heterocycles. The predicted molar refractivity (Wildman–Crippen MR) is 173 cm³/mol. The van der Waals surface area contributed by atoms with E-state index in [1.54, 1.807) is 0 Å². The van der Waals surface area contributed by atoms with E-state index < -0.39 is 12.1 Å². The van der Waals surface area contributed by atoms with Gasteiger partial charge in [0.05, 0.1) is 6.61 Å². The molecule has 0 rings (SSSR count). The summed E-state index contributed by atoms with van der Waals surface area (Å²) >= 11 is 0. The topological polar surface area (TPSA) is 72.8 Å². The van der Waals surface area contributed by atoms with Crippen LogP contribution in [0, 0.1) is 0 Å². The number of hydrogen-bond acceptors (Lipinski definition) is 5. The summed E-state index contributed by atoms with van der Waals surface area (Å²) in [6.07, 6.45) is 38.9. The van der Waals surface area contributed by atoms with E-state index in [-0.39, 0.29) is 25.6 Å². The molecule has 0 amide bonds. The van der Waals surface area contributed by atoms with Crippen molar-refractivity contribution < 1.29 is 24.2 Å². The second-order valence-corrected chi connectivity index (χ2v) is 10.9. The molecule has 236 valence electrons. The Bertz CT molecular complexity index is 707. The quantitative estimate of drug-likeness (QED) is 0.0547. The molecule has 1 atom stereocenters. The number of esters is 2. The molecule has 5 heteroatoms. The zero-order valence-corrected chi connectivity index (χ0v) is 26.5. The van der Waals surface area contributed by atoms with Gasteiger partial charge in [-0.05, 0) is 38.5 Å². The van der Waals surface area contributed by atoms with Gasteiger partial charge < -0.3 is 14.6 Å². The number of rotatable bonds is 29. The van der Waals surface area contributed by atoms with E-state index in [0.717, 1.165) is 44.9 Å². The van der Waals surface area contributed by atoms with Gasteiger partial charge in [0.1, 0.15) is 6.61 Å². The van der Waals surface area contributed by atoms with E-state index in [2.05, 4.69) is 50.3 Å². The number of carbonyl (C=O) groups excluding carboxylic acids is 2. The molecule has 0 aromatic rings. The maximum atomic E-state index is 12.0. The Hall–Kier alpha value is -2.14. The number of unbranched alkanes of at least 4 members (excludes halogenated alkanes) is 13. The molecule has 0 saturated carbocycles. The highest BCUT2D eigenvalue weighted by molar-refractivity contribution is 5.70. The third-order valence-corrected chi connectivity index (χ3v) is 6.90. The summed E-state index contributed by atoms with van der Waals surface area (Å²) in [5.41, 5.74) is 0. The number of ether oxygens (including phenoxy) is 2. The molecule has 0 aliphatic rings. The molecule has 0 fully saturated rings. The van der Waals surface area contributed by atoms with Crippen molar-refractivity contribution in [3.05, 3.63) is 48.6 Å². The minimum absolute atomic E-state index is 0.0936. The van der Waals surface area contributed by atoms with Gasteiger partial charge in [-0.1, -0.05) is 146 Å². The van der Waals surface area contributed by atoms with Gasteiger partial charge in [0.25, 0.3) is 0 Å². The third-order valence-electron chi connectivity index (χ3n) is 6.90. The molecule has 0 bridgehead atoms. The highest BCUT2D eigenvalue weighted by Crippen LogP contribution is 2.13. The second kappa shape index (κ2) is 32.4. The van der Waals surface area contributed by atoms with E-state index in [1.807, 2.05) is 12.2 Å². The lowest BCUT2D eigenvalue weighted by molar-refractivity contribution is -0.161. The number of aliphatic hydroxyl groups is 1. The molecule has 1 unspecified atom stereocenters. The van der Waals surface area contributed by atoms with Crippen molar-refractivity contribution in [2.24, 2.45) is 0 Å². The van der Waals surface area contributed by atoms with Crippen LogP contribution >= 0.6 is 0 Å². The Balaban J connectivity index is 3.68. The number of hydrogen-bond donors (Lipinski definition) is 1. The molecule has 0 heterocycles. The fourth-order valence-corrected chi connectivity index (χ4v) is 4.39. The average Bonchev–Trinajstić information content (AvgIpc) is 2.97. The van der Waals surface area contributed by atoms with Crippen LogP contribution in [0.3, 0.4) is 0 Å². The van der Waals surface area contributed by atoms with Crippen molar-refractivity contribution in [1.29, 1.82) is 0 Å². The molecular formula is C36H62O5. The van der Waals surface area contributed by atoms with Gasteiger partial charge in [0.2, 0.25) is 0 Å². The van der Waals surface area contributed by atoms with Crippen LogP contribution < -0.4 is 0 Å². The van der Waals surface area contributed by atoms with Crippen LogP contribution in [0.4, 0.5) is 0 Å². The molecule has 0 saturated heterocycles. The number of aliphatic hydroxyl groups excluding tert-OH is 1. The van der Waals surface area contributed by atoms with Crippen molar-refractivity contribution in [2.75, 3.05) is 13.2 Å². The van der Waals surface area contributed by atoms with Gasteiger partial charge in [-0.25, -0.2) is 0 Å². The smallest absolute Gasteiger partial charge is 0.306 e. The van der Waals surface area contributed by atoms with E-state index in [4.69, 9.17) is 9.47 Å². The molecule has 41 heavy (non-hydrogen) atoms. The summed E-state index contributed by atoms with van der Waals surface area (Å²) in [6, 6.07) is 0. The number of carbonyl (C=O) groups is 2. The maximum absolute atomic E-state index is 12.0. The highest BCUT2D eigenvalue weighted by atomic mass is 16.6. The van der Waals surface area contributed by atoms with E-state index in [9.17, 15) is 14.7 Å². The summed E-state index contributed by atoms with van der Waals surface area (Å²) in [5, 5.41) is 9.48. The molecule has 0 aromatic heterocycles. The Morgan fingerprint density at radius 2 is 1.05 bits per heavy atom. The molecule has 0 aliphatic carbocycles. The maximum Gasteiger partial charge on any atom is 0.306 e. The lowest BCUT2D eigenvalue weighted by atomic mass is 10.0. The second-order valence-electron chi connectivity index (χ2n) is 10.9. The van der Waals surface area contributed by atoms with Crippen LogP contribution in [-0.4, -0.2) is 36.4 Å². The predicted octanol–water partition coefficient (Wildman–Crippen LogP) is 9.89. The first-order valence-corrected chi connectivity index (χ1v) is 16.7. The van der Waals surface area contributed by atoms with Crippen LogP contribution in [0.15, 0.2) is 48.6 Å². The van der Waals surface area contributed by atoms with Gasteiger partial charge >= 0.3 is 11.9 Å². The van der Waals surface area contributed by atoms with Crippen LogP contribution in [-0.2, 0) is 19.1 Å². The molecular weight excluding hydrogens is 512 g/mol. The highest BCUT2D eigenvalue weighted by Gasteiger charge is 2.15. The van der Waals surface area contributed by atoms with E-state index >= 15 is 0 Å². The largest absolute Gasteiger partial charge is 0.462 e. The fraction of sp³-hybridized carbons (Fsp3) is 0.722. The minimum Gasteiger partial charge on any atom is -0.462 e. The summed E-state index contributed by atoms with van der Waals surface area (Å²) in [7, 11) is 0. The minimum atomic E-state index is -0.805. The zero-order valence-electron chi connectivity index (χ0n) is 26.5. The standard InChI is InChI=1S/C36H62O5/c1-3-5-7-9-11-13-15-17-19-20-22-24-26-28-30-35(38)40-33-34(32-37)41-36(39)31-29-27-25-23-21-18-16-14-12-10-8-6-4-2/h6,8,12,14,18,21,25,27,34,37H,3-5,7,9-11,13,15-17,19-20,22-24,26,28-33H2,1-2H3/b8-6-,14-12-,21-18-,27-25-. The summed E-state index contributed by atoms with van der Waals surface area (Å²) in [4.78, 5) is 24.1. The van der Waals surface area contributed by atoms with Crippen molar-refractivity contribution in [1.82, 2.24) is 0 Å². The zero-order chi connectivity index (χ0) is 30.1. The first-order chi connectivity index (χ1) is 20.1. The van der Waals surface area contributed by atoms with Crippen molar-refractivity contribution in [3.63, 3.8) is 0 Å². The molecule has 5 nitrogen and oxygen atoms in total. The lowest BCUT2D eigenvalue weighted by Crippen LogP contribution is -2.28. The van der Waals surface area contributed by atoms with Crippen molar-refractivity contribution in [3.8, 4) is 0 Å². The van der Waals surface area contributed by atoms with Gasteiger partial charge in [0.15, 0.2) is 6.10 Å². The van der Waals surface area contributed by atoms with Gasteiger partial charge in [0, 0.05) is 12.8 Å². The van der Waals surface area contributed by atoms with Crippen LogP contribution in [0.2, 0.25) is 0 Å². The summed E-state index contributed by atoms with van der Waals surface area (Å²) in [5.74, 6) is -0.687. The average molecular weight is 575 g/mol. The van der Waals surface area contributed by atoms with Crippen LogP contribution in [0.1, 0.15) is 149 Å². The first kappa shape index (κ1) is 38.9. The Morgan fingerprint density at radius 3 is 1.54 bits per heavy atom. The molecule has 0 aromatic carbocycles. The monoisotopic (exact) mass is 574 g/mol. The molecule has 0 spiro atoms. The molecule has 1 N–H and O–H groups in total. The van der Waals surface area contributed by atoms with Gasteiger partial charge in [-0.3, -0.25) is 9.59 Å². The molecule has 0 radical (unpaired) electrons. The summed E-state index contributed by atoms with van der Waals surface area (Å²) in [6.45, 7) is 3.94. The SMILES string of the molecule is CC/C=C\C/C=C\C/C=C\C/C=C\CCC(=O)OC(CO)COC(=O)CCCCCCCCCCCCCCCC. The van der Waals surface area contributed by atoms with Crippen molar-refractivity contribution in [2.45, 2.75) is 155 Å². The first-order valence-electron chi connectivity index (χ1n) is 16.7. The Kier molecular flexibility index (Phi) is 30.7. The van der Waals surface area contributed by atoms with Crippen LogP contribution in [0.25, 0.3) is 0 Å². The Morgan fingerprint density at radius 1 is 0.585 bits per heavy atom. The van der Waals surface area contributed by atoms with E-state index in [0.29, 0.717) is 12.8 Å². The number of allylic oxidation sites excluding steroid dienone is 8. The third kappa shape index (κ3) is 30.6. The fourth-order valence-electron chi connectivity index (χ4n) is 4.39. The van der Waals surface area contributed by atoms with Crippen molar-refractivity contribution >= 4 is 11.9 Å². The lowest BCUT2D eigenvalue weighted by Gasteiger charge is -2.15. The summed E-state index contributed by atoms with van der Waals surface area (Å²) < 4.78 is 10.5. The van der Waals surface area contributed by atoms with Gasteiger partial charge in [-0.15, -0.1) is 0 Å². The van der Waals surface area contributed by atoms with Gasteiger partial charge in [-0.2, -0.15) is 0 Å².